The Balaban J connectivity index is 2.02. The lowest BCUT2D eigenvalue weighted by Gasteiger charge is -2.20. The van der Waals surface area contributed by atoms with E-state index in [0.717, 1.165) is 32.2 Å². The number of nitro groups is 1. The minimum atomic E-state index is -0.466. The summed E-state index contributed by atoms with van der Waals surface area (Å²) >= 11 is 0. The molecule has 1 aliphatic carbocycles. The van der Waals surface area contributed by atoms with Gasteiger partial charge < -0.3 is 0 Å². The Bertz CT molecular complexity index is 498. The maximum absolute atomic E-state index is 12.3. The molecule has 0 atom stereocenters. The number of benzene rings is 1. The first-order chi connectivity index (χ1) is 9.61. The molecule has 0 unspecified atom stereocenters. The summed E-state index contributed by atoms with van der Waals surface area (Å²) in [6, 6.07) is 6.53. The van der Waals surface area contributed by atoms with Crippen molar-refractivity contribution in [2.24, 2.45) is 0 Å². The second kappa shape index (κ2) is 6.61. The van der Waals surface area contributed by atoms with Gasteiger partial charge in [0, 0.05) is 23.7 Å². The molecule has 5 nitrogen and oxygen atoms in total. The molecule has 1 saturated carbocycles. The Labute approximate surface area is 118 Å². The lowest BCUT2D eigenvalue weighted by Crippen LogP contribution is -2.32. The highest BCUT2D eigenvalue weighted by Crippen LogP contribution is 2.27. The molecule has 1 aromatic carbocycles. The van der Waals surface area contributed by atoms with Gasteiger partial charge in [-0.1, -0.05) is 25.5 Å². The molecule has 0 heterocycles. The number of non-ortho nitro benzene ring substituents is 1. The van der Waals surface area contributed by atoms with Crippen molar-refractivity contribution in [2.75, 3.05) is 13.1 Å². The Hall–Kier alpha value is -1.75. The van der Waals surface area contributed by atoms with Crippen LogP contribution in [0.1, 0.15) is 43.0 Å². The van der Waals surface area contributed by atoms with E-state index >= 15 is 0 Å². The van der Waals surface area contributed by atoms with Gasteiger partial charge in [0.15, 0.2) is 5.78 Å². The molecule has 0 saturated heterocycles. The van der Waals surface area contributed by atoms with Crippen molar-refractivity contribution < 1.29 is 9.72 Å². The van der Waals surface area contributed by atoms with E-state index in [-0.39, 0.29) is 11.5 Å². The predicted molar refractivity (Wildman–Crippen MR) is 76.9 cm³/mol. The largest absolute Gasteiger partial charge is 0.293 e. The molecule has 1 aromatic rings. The molecule has 1 fully saturated rings. The second-order valence-electron chi connectivity index (χ2n) is 5.29. The lowest BCUT2D eigenvalue weighted by atomic mass is 10.1. The van der Waals surface area contributed by atoms with Gasteiger partial charge in [-0.3, -0.25) is 19.8 Å². The van der Waals surface area contributed by atoms with Crippen LogP contribution >= 0.6 is 0 Å². The van der Waals surface area contributed by atoms with Crippen LogP contribution in [0.25, 0.3) is 0 Å². The Morgan fingerprint density at radius 3 is 2.80 bits per heavy atom. The number of nitrogens with zero attached hydrogens (tertiary/aromatic N) is 2. The van der Waals surface area contributed by atoms with E-state index < -0.39 is 4.92 Å². The maximum atomic E-state index is 12.3. The highest BCUT2D eigenvalue weighted by atomic mass is 16.6. The minimum Gasteiger partial charge on any atom is -0.293 e. The third kappa shape index (κ3) is 3.87. The zero-order chi connectivity index (χ0) is 14.5. The lowest BCUT2D eigenvalue weighted by molar-refractivity contribution is -0.384. The van der Waals surface area contributed by atoms with E-state index in [9.17, 15) is 14.9 Å². The standard InChI is InChI=1S/C15H20N2O3/c1-2-3-9-16(13-7-8-13)11-15(18)12-5-4-6-14(10-12)17(19)20/h4-6,10,13H,2-3,7-9,11H2,1H3. The molecule has 5 heteroatoms. The molecule has 2 rings (SSSR count). The molecule has 0 N–H and O–H groups in total. The third-order valence-corrected chi connectivity index (χ3v) is 3.59. The van der Waals surface area contributed by atoms with Gasteiger partial charge in [0.1, 0.15) is 0 Å². The third-order valence-electron chi connectivity index (χ3n) is 3.59. The number of Topliss-reactive ketones (excluding diaryl/α,β-unsaturated/α-hetero) is 1. The van der Waals surface area contributed by atoms with Crippen LogP contribution in [0.4, 0.5) is 5.69 Å². The van der Waals surface area contributed by atoms with Crippen LogP contribution in [0.5, 0.6) is 0 Å². The molecule has 0 radical (unpaired) electrons. The number of carbonyl (C=O) groups excluding carboxylic acids is 1. The van der Waals surface area contributed by atoms with E-state index in [1.54, 1.807) is 12.1 Å². The monoisotopic (exact) mass is 276 g/mol. The van der Waals surface area contributed by atoms with Crippen LogP contribution in [-0.2, 0) is 0 Å². The number of unbranched alkanes of at least 4 members (excludes halogenated alkanes) is 1. The van der Waals surface area contributed by atoms with Crippen LogP contribution in [0, 0.1) is 10.1 Å². The summed E-state index contributed by atoms with van der Waals surface area (Å²) in [5.41, 5.74) is 0.406. The van der Waals surface area contributed by atoms with E-state index in [4.69, 9.17) is 0 Å². The summed E-state index contributed by atoms with van der Waals surface area (Å²) in [5.74, 6) is -0.0308. The molecule has 0 aliphatic heterocycles. The number of nitro benzene ring substituents is 1. The normalized spacial score (nSPS) is 14.5. The Kier molecular flexibility index (Phi) is 4.84. The summed E-state index contributed by atoms with van der Waals surface area (Å²) in [5, 5.41) is 10.7. The predicted octanol–water partition coefficient (Wildman–Crippen LogP) is 3.04. The van der Waals surface area contributed by atoms with E-state index in [2.05, 4.69) is 11.8 Å². The van der Waals surface area contributed by atoms with E-state index in [1.165, 1.54) is 12.1 Å². The van der Waals surface area contributed by atoms with Crippen molar-refractivity contribution in [3.8, 4) is 0 Å². The topological polar surface area (TPSA) is 63.5 Å². The van der Waals surface area contributed by atoms with Crippen molar-refractivity contribution in [1.82, 2.24) is 4.90 Å². The average molecular weight is 276 g/mol. The van der Waals surface area contributed by atoms with Crippen LogP contribution in [0.15, 0.2) is 24.3 Å². The summed E-state index contributed by atoms with van der Waals surface area (Å²) in [6.07, 6.45) is 4.50. The van der Waals surface area contributed by atoms with Crippen molar-refractivity contribution >= 4 is 11.5 Å². The maximum Gasteiger partial charge on any atom is 0.270 e. The molecule has 0 bridgehead atoms. The molecule has 0 aromatic heterocycles. The first-order valence-corrected chi connectivity index (χ1v) is 7.13. The van der Waals surface area contributed by atoms with Crippen LogP contribution in [-0.4, -0.2) is 34.7 Å². The van der Waals surface area contributed by atoms with Crippen LogP contribution < -0.4 is 0 Å². The number of ketones is 1. The first-order valence-electron chi connectivity index (χ1n) is 7.13. The summed E-state index contributed by atoms with van der Waals surface area (Å²) < 4.78 is 0. The zero-order valence-electron chi connectivity index (χ0n) is 11.7. The smallest absolute Gasteiger partial charge is 0.270 e. The number of rotatable bonds is 8. The Morgan fingerprint density at radius 1 is 1.45 bits per heavy atom. The number of hydrogen-bond donors (Lipinski definition) is 0. The van der Waals surface area contributed by atoms with Gasteiger partial charge in [-0.15, -0.1) is 0 Å². The van der Waals surface area contributed by atoms with E-state index in [1.807, 2.05) is 0 Å². The molecule has 20 heavy (non-hydrogen) atoms. The summed E-state index contributed by atoms with van der Waals surface area (Å²) in [4.78, 5) is 24.7. The molecule has 0 amide bonds. The van der Waals surface area contributed by atoms with Gasteiger partial charge >= 0.3 is 0 Å². The van der Waals surface area contributed by atoms with Crippen LogP contribution in [0.2, 0.25) is 0 Å². The van der Waals surface area contributed by atoms with Crippen molar-refractivity contribution in [3.63, 3.8) is 0 Å². The fourth-order valence-electron chi connectivity index (χ4n) is 2.26. The molecule has 1 aliphatic rings. The molecular formula is C15H20N2O3. The highest BCUT2D eigenvalue weighted by molar-refractivity contribution is 5.98. The van der Waals surface area contributed by atoms with E-state index in [0.29, 0.717) is 18.2 Å². The van der Waals surface area contributed by atoms with Crippen LogP contribution in [0.3, 0.4) is 0 Å². The van der Waals surface area contributed by atoms with Gasteiger partial charge in [0.25, 0.3) is 5.69 Å². The fraction of sp³-hybridized carbons (Fsp3) is 0.533. The first kappa shape index (κ1) is 14.7. The quantitative estimate of drug-likeness (QED) is 0.416. The number of hydrogen-bond acceptors (Lipinski definition) is 4. The molecule has 108 valence electrons. The Morgan fingerprint density at radius 2 is 2.20 bits per heavy atom. The zero-order valence-corrected chi connectivity index (χ0v) is 11.7. The van der Waals surface area contributed by atoms with Gasteiger partial charge in [-0.25, -0.2) is 0 Å². The van der Waals surface area contributed by atoms with Crippen molar-refractivity contribution in [1.29, 1.82) is 0 Å². The van der Waals surface area contributed by atoms with Crippen molar-refractivity contribution in [2.45, 2.75) is 38.6 Å². The number of carbonyl (C=O) groups is 1. The summed E-state index contributed by atoms with van der Waals surface area (Å²) in [6.45, 7) is 3.43. The SMILES string of the molecule is CCCCN(CC(=O)c1cccc([N+](=O)[O-])c1)C1CC1. The second-order valence-corrected chi connectivity index (χ2v) is 5.29. The minimum absolute atomic E-state index is 0.0256. The highest BCUT2D eigenvalue weighted by Gasteiger charge is 2.30. The van der Waals surface area contributed by atoms with Gasteiger partial charge in [-0.2, -0.15) is 0 Å². The molecular weight excluding hydrogens is 256 g/mol. The van der Waals surface area contributed by atoms with Gasteiger partial charge in [0.05, 0.1) is 11.5 Å². The summed E-state index contributed by atoms with van der Waals surface area (Å²) in [7, 11) is 0. The van der Waals surface area contributed by atoms with Gasteiger partial charge in [0.2, 0.25) is 0 Å². The average Bonchev–Trinajstić information content (AvgIpc) is 3.27. The van der Waals surface area contributed by atoms with Gasteiger partial charge in [-0.05, 0) is 25.8 Å². The fourth-order valence-corrected chi connectivity index (χ4v) is 2.26. The molecule has 0 spiro atoms. The van der Waals surface area contributed by atoms with Crippen molar-refractivity contribution in [3.05, 3.63) is 39.9 Å².